The zero-order valence-electron chi connectivity index (χ0n) is 13.5. The van der Waals surface area contributed by atoms with E-state index in [0.717, 1.165) is 0 Å². The lowest BCUT2D eigenvalue weighted by Gasteiger charge is -2.40. The molecule has 5 atom stereocenters. The number of ether oxygens (including phenoxy) is 2. The van der Waals surface area contributed by atoms with Crippen LogP contribution in [0.4, 0.5) is 0 Å². The molecule has 20 heavy (non-hydrogen) atoms. The van der Waals surface area contributed by atoms with Gasteiger partial charge in [0.05, 0.1) is 0 Å². The second kappa shape index (κ2) is 4.76. The van der Waals surface area contributed by atoms with Crippen LogP contribution in [0.15, 0.2) is 0 Å². The third-order valence-electron chi connectivity index (χ3n) is 4.75. The van der Waals surface area contributed by atoms with Crippen molar-refractivity contribution < 1.29 is 24.1 Å². The lowest BCUT2D eigenvalue weighted by molar-refractivity contribution is -0.187. The zero-order valence-corrected chi connectivity index (χ0v) is 14.5. The summed E-state index contributed by atoms with van der Waals surface area (Å²) in [7, 11) is -2.05. The Balaban J connectivity index is 2.19. The first-order valence-electron chi connectivity index (χ1n) is 7.25. The maximum Gasteiger partial charge on any atom is 0.192 e. The van der Waals surface area contributed by atoms with Crippen LogP contribution in [-0.2, 0) is 13.9 Å². The van der Waals surface area contributed by atoms with E-state index in [1.54, 1.807) is 0 Å². The number of aliphatic hydroxyl groups is 2. The number of fused-ring (bicyclic) bond motifs is 1. The summed E-state index contributed by atoms with van der Waals surface area (Å²) in [6.45, 7) is 14.3. The summed E-state index contributed by atoms with van der Waals surface area (Å²) in [5.41, 5.74) is 0. The molecule has 1 heterocycles. The minimum absolute atomic E-state index is 0.0325. The summed E-state index contributed by atoms with van der Waals surface area (Å²) in [5.74, 6) is -0.745. The average Bonchev–Trinajstić information content (AvgIpc) is 2.66. The third-order valence-corrected chi connectivity index (χ3v) is 9.22. The molecule has 1 aliphatic heterocycles. The van der Waals surface area contributed by atoms with E-state index >= 15 is 0 Å². The maximum atomic E-state index is 10.2. The molecule has 5 nitrogen and oxygen atoms in total. The fourth-order valence-electron chi connectivity index (χ4n) is 2.57. The fraction of sp³-hybridized carbons (Fsp3) is 1.00. The van der Waals surface area contributed by atoms with Crippen LogP contribution < -0.4 is 0 Å². The molecule has 0 unspecified atom stereocenters. The minimum Gasteiger partial charge on any atom is -0.408 e. The van der Waals surface area contributed by atoms with E-state index in [0.29, 0.717) is 0 Å². The molecule has 0 radical (unpaired) electrons. The summed E-state index contributed by atoms with van der Waals surface area (Å²) < 4.78 is 17.8. The molecule has 2 rings (SSSR count). The van der Waals surface area contributed by atoms with Gasteiger partial charge < -0.3 is 24.1 Å². The highest BCUT2D eigenvalue weighted by Gasteiger charge is 2.60. The molecule has 0 spiro atoms. The highest BCUT2D eigenvalue weighted by molar-refractivity contribution is 6.74. The molecule has 1 saturated heterocycles. The third kappa shape index (κ3) is 2.69. The van der Waals surface area contributed by atoms with Gasteiger partial charge in [-0.15, -0.1) is 0 Å². The first-order valence-corrected chi connectivity index (χ1v) is 10.2. The SMILES string of the molecule is CC1(C)O[C@@H]2[C@H](O[Si](C)(C)C(C)(C)C)[C@@H](O)[C@H](O)[C@@H]2O1. The van der Waals surface area contributed by atoms with Crippen LogP contribution in [0.5, 0.6) is 0 Å². The highest BCUT2D eigenvalue weighted by Crippen LogP contribution is 2.44. The van der Waals surface area contributed by atoms with Crippen molar-refractivity contribution in [2.45, 2.75) is 89.1 Å². The smallest absolute Gasteiger partial charge is 0.192 e. The Morgan fingerprint density at radius 1 is 1.00 bits per heavy atom. The normalized spacial score (nSPS) is 41.0. The Hall–Kier alpha value is 0.0169. The molecule has 2 aliphatic rings. The molecule has 2 fully saturated rings. The fourth-order valence-corrected chi connectivity index (χ4v) is 3.88. The average molecular weight is 304 g/mol. The van der Waals surface area contributed by atoms with Crippen molar-refractivity contribution in [3.63, 3.8) is 0 Å². The lowest BCUT2D eigenvalue weighted by atomic mass is 10.2. The maximum absolute atomic E-state index is 10.2. The van der Waals surface area contributed by atoms with Gasteiger partial charge in [0, 0.05) is 0 Å². The number of hydrogen-bond acceptors (Lipinski definition) is 5. The molecule has 0 bridgehead atoms. The van der Waals surface area contributed by atoms with E-state index in [9.17, 15) is 10.2 Å². The summed E-state index contributed by atoms with van der Waals surface area (Å²) in [6, 6.07) is 0. The van der Waals surface area contributed by atoms with Crippen LogP contribution in [0.25, 0.3) is 0 Å². The van der Waals surface area contributed by atoms with Gasteiger partial charge in [0.1, 0.15) is 30.5 Å². The minimum atomic E-state index is -2.05. The number of aliphatic hydroxyl groups excluding tert-OH is 2. The van der Waals surface area contributed by atoms with Gasteiger partial charge in [-0.1, -0.05) is 20.8 Å². The highest BCUT2D eigenvalue weighted by atomic mass is 28.4. The van der Waals surface area contributed by atoms with Crippen LogP contribution in [-0.4, -0.2) is 54.8 Å². The molecule has 118 valence electrons. The quantitative estimate of drug-likeness (QED) is 0.759. The predicted molar refractivity (Wildman–Crippen MR) is 77.9 cm³/mol. The van der Waals surface area contributed by atoms with Gasteiger partial charge in [-0.25, -0.2) is 0 Å². The molecular weight excluding hydrogens is 276 g/mol. The summed E-state index contributed by atoms with van der Waals surface area (Å²) in [5, 5.41) is 20.4. The van der Waals surface area contributed by atoms with E-state index in [-0.39, 0.29) is 5.04 Å². The Labute approximate surface area is 122 Å². The van der Waals surface area contributed by atoms with E-state index in [1.807, 2.05) is 13.8 Å². The molecular formula is C14H28O5Si. The van der Waals surface area contributed by atoms with Crippen LogP contribution in [0, 0.1) is 0 Å². The van der Waals surface area contributed by atoms with Crippen molar-refractivity contribution in [3.05, 3.63) is 0 Å². The molecule has 1 saturated carbocycles. The molecule has 0 aromatic carbocycles. The first kappa shape index (κ1) is 16.4. The van der Waals surface area contributed by atoms with Crippen molar-refractivity contribution in [2.75, 3.05) is 0 Å². The summed E-state index contributed by atoms with van der Waals surface area (Å²) in [6.07, 6.45) is -3.39. The standard InChI is InChI=1S/C14H28O5Si/c1-13(2,3)20(6,7)19-11-9(16)8(15)10-12(11)18-14(4,5)17-10/h8-12,15-16H,1-7H3/t8-,9-,10-,11+,12-/m0/s1. The predicted octanol–water partition coefficient (Wildman–Crippen LogP) is 1.63. The summed E-state index contributed by atoms with van der Waals surface area (Å²) >= 11 is 0. The van der Waals surface area contributed by atoms with Crippen LogP contribution in [0.2, 0.25) is 18.1 Å². The Morgan fingerprint density at radius 2 is 1.50 bits per heavy atom. The van der Waals surface area contributed by atoms with E-state index < -0.39 is 44.6 Å². The van der Waals surface area contributed by atoms with Crippen molar-refractivity contribution in [1.82, 2.24) is 0 Å². The Morgan fingerprint density at radius 3 is 2.00 bits per heavy atom. The second-order valence-corrected chi connectivity index (χ2v) is 12.6. The molecule has 0 amide bonds. The molecule has 6 heteroatoms. The number of rotatable bonds is 2. The van der Waals surface area contributed by atoms with E-state index in [2.05, 4.69) is 33.9 Å². The van der Waals surface area contributed by atoms with Gasteiger partial charge in [0.2, 0.25) is 0 Å². The lowest BCUT2D eigenvalue weighted by Crippen LogP contribution is -2.50. The van der Waals surface area contributed by atoms with Gasteiger partial charge in [-0.2, -0.15) is 0 Å². The van der Waals surface area contributed by atoms with Crippen LogP contribution in [0.1, 0.15) is 34.6 Å². The van der Waals surface area contributed by atoms with Crippen LogP contribution >= 0.6 is 0 Å². The topological polar surface area (TPSA) is 68.2 Å². The van der Waals surface area contributed by atoms with E-state index in [4.69, 9.17) is 13.9 Å². The molecule has 2 N–H and O–H groups in total. The number of hydrogen-bond donors (Lipinski definition) is 2. The van der Waals surface area contributed by atoms with Gasteiger partial charge in [-0.3, -0.25) is 0 Å². The molecule has 0 aromatic heterocycles. The van der Waals surface area contributed by atoms with Crippen molar-refractivity contribution >= 4 is 8.32 Å². The van der Waals surface area contributed by atoms with Crippen molar-refractivity contribution in [1.29, 1.82) is 0 Å². The zero-order chi connectivity index (χ0) is 15.5. The largest absolute Gasteiger partial charge is 0.408 e. The molecule has 1 aliphatic carbocycles. The van der Waals surface area contributed by atoms with E-state index in [1.165, 1.54) is 0 Å². The van der Waals surface area contributed by atoms with Gasteiger partial charge >= 0.3 is 0 Å². The van der Waals surface area contributed by atoms with Gasteiger partial charge in [0.25, 0.3) is 0 Å². The molecule has 0 aromatic rings. The Kier molecular flexibility index (Phi) is 3.90. The van der Waals surface area contributed by atoms with Crippen molar-refractivity contribution in [3.8, 4) is 0 Å². The van der Waals surface area contributed by atoms with Crippen LogP contribution in [0.3, 0.4) is 0 Å². The monoisotopic (exact) mass is 304 g/mol. The second-order valence-electron chi connectivity index (χ2n) is 7.89. The first-order chi connectivity index (χ1) is 8.86. The Bertz CT molecular complexity index is 376. The van der Waals surface area contributed by atoms with Gasteiger partial charge in [0.15, 0.2) is 14.1 Å². The van der Waals surface area contributed by atoms with Gasteiger partial charge in [-0.05, 0) is 32.0 Å². The van der Waals surface area contributed by atoms with Crippen molar-refractivity contribution in [2.24, 2.45) is 0 Å². The summed E-state index contributed by atoms with van der Waals surface area (Å²) in [4.78, 5) is 0.